The lowest BCUT2D eigenvalue weighted by Gasteiger charge is -2.16. The Kier molecular flexibility index (Phi) is 6.60. The lowest BCUT2D eigenvalue weighted by Crippen LogP contribution is -2.29. The Morgan fingerprint density at radius 3 is 2.58 bits per heavy atom. The van der Waals surface area contributed by atoms with Crippen LogP contribution < -0.4 is 0 Å². The number of pyridine rings is 1. The second kappa shape index (κ2) is 9.58. The van der Waals surface area contributed by atoms with E-state index < -0.39 is 0 Å². The number of carbonyl (C=O) groups is 1. The van der Waals surface area contributed by atoms with Crippen LogP contribution in [0.3, 0.4) is 0 Å². The average molecular weight is 458 g/mol. The van der Waals surface area contributed by atoms with E-state index in [4.69, 9.17) is 4.98 Å². The molecule has 0 N–H and O–H groups in total. The molecule has 2 heterocycles. The highest BCUT2D eigenvalue weighted by molar-refractivity contribution is 8.00. The van der Waals surface area contributed by atoms with Crippen LogP contribution >= 0.6 is 11.8 Å². The number of carbonyl (C=O) groups excluding carboxylic acids is 1. The van der Waals surface area contributed by atoms with Crippen molar-refractivity contribution in [1.29, 1.82) is 0 Å². The summed E-state index contributed by atoms with van der Waals surface area (Å²) in [5.41, 5.74) is 4.96. The van der Waals surface area contributed by atoms with Gasteiger partial charge in [0.05, 0.1) is 16.5 Å². The molecular weight excluding hydrogens is 430 g/mol. The van der Waals surface area contributed by atoms with Crippen LogP contribution in [0.1, 0.15) is 12.5 Å². The summed E-state index contributed by atoms with van der Waals surface area (Å²) in [7, 11) is 3.52. The van der Waals surface area contributed by atoms with E-state index in [-0.39, 0.29) is 11.2 Å². The number of allylic oxidation sites excluding steroid dienone is 1. The van der Waals surface area contributed by atoms with Crippen molar-refractivity contribution in [2.75, 3.05) is 14.1 Å². The molecule has 1 amide bonds. The lowest BCUT2D eigenvalue weighted by molar-refractivity contribution is -0.127. The summed E-state index contributed by atoms with van der Waals surface area (Å²) >= 11 is 1.40. The van der Waals surface area contributed by atoms with Crippen LogP contribution in [0.5, 0.6) is 0 Å². The number of fused-ring (bicyclic) bond motifs is 1. The summed E-state index contributed by atoms with van der Waals surface area (Å²) in [6.45, 7) is 8.41. The van der Waals surface area contributed by atoms with Crippen molar-refractivity contribution < 1.29 is 4.79 Å². The van der Waals surface area contributed by atoms with Gasteiger partial charge in [0, 0.05) is 37.2 Å². The molecule has 0 radical (unpaired) electrons. The molecule has 2 aromatic carbocycles. The molecule has 0 spiro atoms. The lowest BCUT2D eigenvalue weighted by atomic mass is 10.0. The van der Waals surface area contributed by atoms with Crippen molar-refractivity contribution in [2.24, 2.45) is 0 Å². The Bertz CT molecular complexity index is 1310. The third kappa shape index (κ3) is 4.68. The van der Waals surface area contributed by atoms with Gasteiger partial charge in [0.15, 0.2) is 11.0 Å². The van der Waals surface area contributed by atoms with Gasteiger partial charge >= 0.3 is 0 Å². The van der Waals surface area contributed by atoms with E-state index in [1.807, 2.05) is 35.8 Å². The zero-order chi connectivity index (χ0) is 23.5. The maximum Gasteiger partial charge on any atom is 0.235 e. The van der Waals surface area contributed by atoms with E-state index in [1.165, 1.54) is 17.3 Å². The Morgan fingerprint density at radius 1 is 1.15 bits per heavy atom. The Balaban J connectivity index is 1.86. The smallest absolute Gasteiger partial charge is 0.235 e. The molecule has 1 unspecified atom stereocenters. The summed E-state index contributed by atoms with van der Waals surface area (Å²) in [5, 5.41) is 10.4. The van der Waals surface area contributed by atoms with Crippen molar-refractivity contribution in [1.82, 2.24) is 24.6 Å². The number of hydrogen-bond donors (Lipinski definition) is 0. The van der Waals surface area contributed by atoms with E-state index in [2.05, 4.69) is 60.1 Å². The van der Waals surface area contributed by atoms with Gasteiger partial charge in [-0.25, -0.2) is 4.98 Å². The molecule has 168 valence electrons. The first-order valence-electron chi connectivity index (χ1n) is 10.8. The molecule has 0 aliphatic rings. The molecule has 0 saturated heterocycles. The maximum absolute atomic E-state index is 12.4. The fraction of sp³-hybridized carbons (Fsp3) is 0.231. The summed E-state index contributed by atoms with van der Waals surface area (Å²) in [4.78, 5) is 18.9. The number of nitrogens with zero attached hydrogens (tertiary/aromatic N) is 5. The highest BCUT2D eigenvalue weighted by Crippen LogP contribution is 2.34. The topological polar surface area (TPSA) is 63.9 Å². The van der Waals surface area contributed by atoms with E-state index >= 15 is 0 Å². The Labute approximate surface area is 198 Å². The number of amides is 1. The Hall–Kier alpha value is -3.45. The molecule has 0 aliphatic carbocycles. The van der Waals surface area contributed by atoms with Crippen molar-refractivity contribution in [3.05, 3.63) is 72.8 Å². The predicted octanol–water partition coefficient (Wildman–Crippen LogP) is 5.22. The summed E-state index contributed by atoms with van der Waals surface area (Å²) in [6.07, 6.45) is 1.82. The second-order valence-electron chi connectivity index (χ2n) is 8.14. The molecule has 1 atom stereocenters. The highest BCUT2D eigenvalue weighted by Gasteiger charge is 2.23. The minimum Gasteiger partial charge on any atom is -0.348 e. The molecule has 33 heavy (non-hydrogen) atoms. The number of para-hydroxylation sites is 1. The van der Waals surface area contributed by atoms with E-state index in [0.717, 1.165) is 33.5 Å². The third-order valence-electron chi connectivity index (χ3n) is 5.40. The van der Waals surface area contributed by atoms with Crippen LogP contribution in [-0.2, 0) is 11.3 Å². The molecule has 2 aromatic heterocycles. The SMILES string of the molecule is C=CCn1c(SC(C)C(=O)N(C)C)nnc1-c1cc(-c2ccc(C)cc2)nc2ccccc12. The fourth-order valence-electron chi connectivity index (χ4n) is 3.67. The quantitative estimate of drug-likeness (QED) is 0.281. The molecule has 0 fully saturated rings. The highest BCUT2D eigenvalue weighted by atomic mass is 32.2. The van der Waals surface area contributed by atoms with Gasteiger partial charge in [-0.2, -0.15) is 0 Å². The van der Waals surface area contributed by atoms with Gasteiger partial charge in [-0.15, -0.1) is 16.8 Å². The number of benzene rings is 2. The van der Waals surface area contributed by atoms with Crippen LogP contribution in [0, 0.1) is 6.92 Å². The van der Waals surface area contributed by atoms with Gasteiger partial charge in [-0.3, -0.25) is 9.36 Å². The van der Waals surface area contributed by atoms with Crippen molar-refractivity contribution >= 4 is 28.6 Å². The summed E-state index contributed by atoms with van der Waals surface area (Å²) in [6, 6.07) is 18.5. The third-order valence-corrected chi connectivity index (χ3v) is 6.47. The van der Waals surface area contributed by atoms with Crippen molar-refractivity contribution in [3.8, 4) is 22.6 Å². The van der Waals surface area contributed by atoms with E-state index in [1.54, 1.807) is 19.0 Å². The molecule has 4 aromatic rings. The number of rotatable bonds is 7. The van der Waals surface area contributed by atoms with Crippen molar-refractivity contribution in [3.63, 3.8) is 0 Å². The summed E-state index contributed by atoms with van der Waals surface area (Å²) < 4.78 is 2.01. The van der Waals surface area contributed by atoms with Crippen LogP contribution in [0.4, 0.5) is 0 Å². The van der Waals surface area contributed by atoms with Gasteiger partial charge in [-0.05, 0) is 26.0 Å². The van der Waals surface area contributed by atoms with Crippen LogP contribution in [0.2, 0.25) is 0 Å². The van der Waals surface area contributed by atoms with Crippen LogP contribution in [0.25, 0.3) is 33.5 Å². The molecule has 7 heteroatoms. The van der Waals surface area contributed by atoms with Crippen LogP contribution in [0.15, 0.2) is 72.4 Å². The molecule has 0 bridgehead atoms. The van der Waals surface area contributed by atoms with Crippen molar-refractivity contribution in [2.45, 2.75) is 30.8 Å². The van der Waals surface area contributed by atoms with Gasteiger partial charge in [0.25, 0.3) is 0 Å². The number of aryl methyl sites for hydroxylation is 1. The molecule has 6 nitrogen and oxygen atoms in total. The number of hydrogen-bond acceptors (Lipinski definition) is 5. The molecule has 0 saturated carbocycles. The fourth-order valence-corrected chi connectivity index (χ4v) is 4.68. The average Bonchev–Trinajstić information content (AvgIpc) is 3.20. The van der Waals surface area contributed by atoms with Gasteiger partial charge < -0.3 is 4.90 Å². The van der Waals surface area contributed by atoms with E-state index in [0.29, 0.717) is 11.7 Å². The zero-order valence-electron chi connectivity index (χ0n) is 19.3. The normalized spacial score (nSPS) is 12.0. The summed E-state index contributed by atoms with van der Waals surface area (Å²) in [5.74, 6) is 0.764. The minimum atomic E-state index is -0.280. The monoisotopic (exact) mass is 457 g/mol. The first-order valence-corrected chi connectivity index (χ1v) is 11.7. The van der Waals surface area contributed by atoms with E-state index in [9.17, 15) is 4.79 Å². The molecular formula is C26H27N5OS. The largest absolute Gasteiger partial charge is 0.348 e. The molecule has 0 aliphatic heterocycles. The predicted molar refractivity (Wildman–Crippen MR) is 135 cm³/mol. The van der Waals surface area contributed by atoms with Crippen LogP contribution in [-0.4, -0.2) is 49.9 Å². The van der Waals surface area contributed by atoms with Gasteiger partial charge in [-0.1, -0.05) is 65.9 Å². The standard InChI is InChI=1S/C26H27N5OS/c1-6-15-31-24(28-29-26(31)33-18(3)25(32)30(4)5)21-16-23(19-13-11-17(2)12-14-19)27-22-10-8-7-9-20(21)22/h6-14,16,18H,1,15H2,2-5H3. The Morgan fingerprint density at radius 2 is 1.88 bits per heavy atom. The number of aromatic nitrogens is 4. The van der Waals surface area contributed by atoms with Gasteiger partial charge in [0.2, 0.25) is 5.91 Å². The second-order valence-corrected chi connectivity index (χ2v) is 9.44. The maximum atomic E-state index is 12.4. The zero-order valence-corrected chi connectivity index (χ0v) is 20.1. The number of thioether (sulfide) groups is 1. The first-order chi connectivity index (χ1) is 15.9. The molecule has 4 rings (SSSR count). The van der Waals surface area contributed by atoms with Gasteiger partial charge in [0.1, 0.15) is 0 Å². The minimum absolute atomic E-state index is 0.0331. The first kappa shape index (κ1) is 22.7.